The van der Waals surface area contributed by atoms with Gasteiger partial charge in [0.25, 0.3) is 0 Å². The van der Waals surface area contributed by atoms with E-state index < -0.39 is 10.0 Å². The zero-order valence-electron chi connectivity index (χ0n) is 14.6. The van der Waals surface area contributed by atoms with Crippen LogP contribution in [0.1, 0.15) is 0 Å². The van der Waals surface area contributed by atoms with Crippen LogP contribution in [0.3, 0.4) is 0 Å². The predicted molar refractivity (Wildman–Crippen MR) is 120 cm³/mol. The molecule has 5 rings (SSSR count). The summed E-state index contributed by atoms with van der Waals surface area (Å²) in [5, 5.41) is 3.55. The first-order valence-corrected chi connectivity index (χ1v) is 12.2. The van der Waals surface area contributed by atoms with Crippen LogP contribution in [0, 0.1) is 0 Å². The van der Waals surface area contributed by atoms with Crippen LogP contribution in [0.15, 0.2) is 127 Å². The minimum atomic E-state index is -1.52. The second kappa shape index (κ2) is 7.01. The number of hydrogen-bond acceptors (Lipinski definition) is 2. The molecule has 3 aromatic carbocycles. The third-order valence-corrected chi connectivity index (χ3v) is 11.4. The molecule has 0 aliphatic heterocycles. The highest BCUT2D eigenvalue weighted by Crippen LogP contribution is 2.75. The number of rotatable bonds is 4. The van der Waals surface area contributed by atoms with Crippen LogP contribution < -0.4 is 0 Å². The van der Waals surface area contributed by atoms with Gasteiger partial charge in [0.05, 0.1) is 8.22 Å². The molecule has 0 fully saturated rings. The number of benzene rings is 3. The van der Waals surface area contributed by atoms with Gasteiger partial charge in [-0.2, -0.15) is 0 Å². The second-order valence-corrected chi connectivity index (χ2v) is 11.8. The lowest BCUT2D eigenvalue weighted by atomic mass is 10.4. The van der Waals surface area contributed by atoms with Crippen LogP contribution in [0.2, 0.25) is 0 Å². The molecule has 0 nitrogen and oxygen atoms in total. The van der Waals surface area contributed by atoms with Gasteiger partial charge in [0.2, 0.25) is 0 Å². The van der Waals surface area contributed by atoms with Crippen molar-refractivity contribution < 1.29 is 0 Å². The van der Waals surface area contributed by atoms with Crippen LogP contribution in [0.5, 0.6) is 0 Å². The van der Waals surface area contributed by atoms with E-state index >= 15 is 0 Å². The van der Waals surface area contributed by atoms with Gasteiger partial charge in [-0.25, -0.2) is 0 Å². The van der Waals surface area contributed by atoms with E-state index in [0.717, 1.165) is 0 Å². The first-order valence-electron chi connectivity index (χ1n) is 8.85. The number of fused-ring (bicyclic) bond motifs is 1. The molecule has 3 heteroatoms. The Kier molecular flexibility index (Phi) is 4.36. The Bertz CT molecular complexity index is 1030. The third-order valence-electron chi connectivity index (χ3n) is 4.72. The summed E-state index contributed by atoms with van der Waals surface area (Å²) in [6, 6.07) is 37.7. The SMILES string of the molecule is c1ccc(S(c2ccccc2)(c2ccccc2)c2cc3ccsc3s2)cc1. The molecule has 0 bridgehead atoms. The second-order valence-electron chi connectivity index (χ2n) is 6.28. The van der Waals surface area contributed by atoms with Crippen LogP contribution >= 0.6 is 32.7 Å². The van der Waals surface area contributed by atoms with Crippen molar-refractivity contribution in [2.75, 3.05) is 0 Å². The molecule has 0 N–H and O–H groups in total. The minimum absolute atomic E-state index is 1.36. The van der Waals surface area contributed by atoms with Crippen LogP contribution in [0.4, 0.5) is 0 Å². The average molecular weight is 403 g/mol. The van der Waals surface area contributed by atoms with Gasteiger partial charge in [0.15, 0.2) is 0 Å². The first-order chi connectivity index (χ1) is 13.4. The lowest BCUT2D eigenvalue weighted by Crippen LogP contribution is -2.03. The fraction of sp³-hybridized carbons (Fsp3) is 0. The molecule has 5 aromatic rings. The van der Waals surface area contributed by atoms with Gasteiger partial charge in [-0.15, -0.1) is 32.7 Å². The van der Waals surface area contributed by atoms with E-state index in [0.29, 0.717) is 0 Å². The smallest absolute Gasteiger partial charge is 0.0876 e. The summed E-state index contributed by atoms with van der Waals surface area (Å²) in [5.74, 6) is 0. The lowest BCUT2D eigenvalue weighted by Gasteiger charge is -2.40. The Balaban J connectivity index is 1.92. The molecule has 0 aliphatic rings. The van der Waals surface area contributed by atoms with E-state index in [1.165, 1.54) is 28.3 Å². The average Bonchev–Trinajstić information content (AvgIpc) is 3.34. The summed E-state index contributed by atoms with van der Waals surface area (Å²) in [6.45, 7) is 0. The highest BCUT2D eigenvalue weighted by Gasteiger charge is 2.34. The topological polar surface area (TPSA) is 0 Å². The zero-order valence-corrected chi connectivity index (χ0v) is 17.1. The molecular weight excluding hydrogens is 384 g/mol. The Hall–Kier alpha value is -2.33. The summed E-state index contributed by atoms with van der Waals surface area (Å²) in [4.78, 5) is 4.16. The number of thiophene rings is 2. The molecule has 0 spiro atoms. The summed E-state index contributed by atoms with van der Waals surface area (Å²) >= 11 is 3.79. The minimum Gasteiger partial charge on any atom is -0.133 e. The van der Waals surface area contributed by atoms with Gasteiger partial charge >= 0.3 is 0 Å². The van der Waals surface area contributed by atoms with E-state index in [1.54, 1.807) is 0 Å². The summed E-state index contributed by atoms with van der Waals surface area (Å²) in [5.41, 5.74) is 0. The van der Waals surface area contributed by atoms with Crippen LogP contribution in [-0.4, -0.2) is 0 Å². The van der Waals surface area contributed by atoms with Crippen molar-refractivity contribution in [2.24, 2.45) is 0 Å². The quantitative estimate of drug-likeness (QED) is 0.283. The monoisotopic (exact) mass is 402 g/mol. The van der Waals surface area contributed by atoms with Gasteiger partial charge in [-0.3, -0.25) is 0 Å². The highest BCUT2D eigenvalue weighted by atomic mass is 32.3. The van der Waals surface area contributed by atoms with Crippen molar-refractivity contribution in [3.63, 3.8) is 0 Å². The Morgan fingerprint density at radius 2 is 1.04 bits per heavy atom. The maximum Gasteiger partial charge on any atom is 0.0876 e. The van der Waals surface area contributed by atoms with Gasteiger partial charge < -0.3 is 0 Å². The van der Waals surface area contributed by atoms with E-state index in [2.05, 4.69) is 109 Å². The molecule has 0 unspecified atom stereocenters. The highest BCUT2D eigenvalue weighted by molar-refractivity contribution is 8.35. The Morgan fingerprint density at radius 1 is 0.556 bits per heavy atom. The molecule has 0 aliphatic carbocycles. The van der Waals surface area contributed by atoms with E-state index in [9.17, 15) is 0 Å². The Morgan fingerprint density at radius 3 is 1.48 bits per heavy atom. The molecule has 0 amide bonds. The first kappa shape index (κ1) is 16.8. The van der Waals surface area contributed by atoms with E-state index in [4.69, 9.17) is 0 Å². The third kappa shape index (κ3) is 2.74. The standard InChI is InChI=1S/C24H18S3/c1-4-10-20(11-5-1)27(21-12-6-2-7-13-21,22-14-8-3-9-15-22)23-18-19-16-17-25-24(19)26-23/h1-18H. The van der Waals surface area contributed by atoms with Crippen molar-refractivity contribution in [3.05, 3.63) is 109 Å². The zero-order chi connectivity index (χ0) is 18.1. The van der Waals surface area contributed by atoms with Crippen molar-refractivity contribution in [1.29, 1.82) is 0 Å². The fourth-order valence-corrected chi connectivity index (χ4v) is 10.7. The molecular formula is C24H18S3. The normalized spacial score (nSPS) is 12.3. The van der Waals surface area contributed by atoms with Crippen molar-refractivity contribution >= 4 is 42.1 Å². The maximum atomic E-state index is 2.42. The fourth-order valence-electron chi connectivity index (χ4n) is 3.52. The molecule has 132 valence electrons. The summed E-state index contributed by atoms with van der Waals surface area (Å²) < 4.78 is 2.86. The molecule has 0 atom stereocenters. The maximum absolute atomic E-state index is 2.42. The molecule has 0 saturated carbocycles. The summed E-state index contributed by atoms with van der Waals surface area (Å²) in [6.07, 6.45) is 0. The van der Waals surface area contributed by atoms with Crippen molar-refractivity contribution in [1.82, 2.24) is 0 Å². The van der Waals surface area contributed by atoms with Gasteiger partial charge in [0, 0.05) is 20.1 Å². The van der Waals surface area contributed by atoms with Gasteiger partial charge in [0.1, 0.15) is 0 Å². The molecule has 2 aromatic heterocycles. The molecule has 0 radical (unpaired) electrons. The largest absolute Gasteiger partial charge is 0.133 e. The molecule has 0 saturated heterocycles. The predicted octanol–water partition coefficient (Wildman–Crippen LogP) is 8.30. The number of hydrogen-bond donors (Lipinski definition) is 0. The van der Waals surface area contributed by atoms with E-state index in [-0.39, 0.29) is 0 Å². The van der Waals surface area contributed by atoms with E-state index in [1.807, 2.05) is 22.7 Å². The van der Waals surface area contributed by atoms with Crippen LogP contribution in [-0.2, 0) is 0 Å². The van der Waals surface area contributed by atoms with Crippen molar-refractivity contribution in [2.45, 2.75) is 18.9 Å². The molecule has 27 heavy (non-hydrogen) atoms. The van der Waals surface area contributed by atoms with Gasteiger partial charge in [-0.05, 0) is 53.9 Å². The van der Waals surface area contributed by atoms with Crippen LogP contribution in [0.25, 0.3) is 9.40 Å². The van der Waals surface area contributed by atoms with Gasteiger partial charge in [-0.1, -0.05) is 54.6 Å². The molecule has 2 heterocycles. The van der Waals surface area contributed by atoms with Crippen molar-refractivity contribution in [3.8, 4) is 0 Å². The summed E-state index contributed by atoms with van der Waals surface area (Å²) in [7, 11) is -1.52. The Labute approximate surface area is 169 Å². The lowest BCUT2D eigenvalue weighted by molar-refractivity contribution is 1.27.